The van der Waals surface area contributed by atoms with Crippen molar-refractivity contribution in [3.63, 3.8) is 0 Å². The van der Waals surface area contributed by atoms with Crippen LogP contribution < -0.4 is 0 Å². The maximum absolute atomic E-state index is 11.5. The number of carboxylic acid groups (broad SMARTS) is 1. The number of aliphatic carboxylic acids is 1. The Balaban J connectivity index is 2.70. The Morgan fingerprint density at radius 1 is 1.28 bits per heavy atom. The summed E-state index contributed by atoms with van der Waals surface area (Å²) in [6, 6.07) is 0. The highest BCUT2D eigenvalue weighted by Crippen LogP contribution is 2.30. The largest absolute Gasteiger partial charge is 0.481 e. The molecule has 1 unspecified atom stereocenters. The summed E-state index contributed by atoms with van der Waals surface area (Å²) in [5.41, 5.74) is -0.691. The second-order valence-corrected chi connectivity index (χ2v) is 6.37. The van der Waals surface area contributed by atoms with Crippen molar-refractivity contribution in [1.29, 1.82) is 0 Å². The highest BCUT2D eigenvalue weighted by Gasteiger charge is 2.43. The predicted molar refractivity (Wildman–Crippen MR) is 71.6 cm³/mol. The van der Waals surface area contributed by atoms with E-state index in [9.17, 15) is 9.90 Å². The molecular weight excluding hydrogens is 230 g/mol. The van der Waals surface area contributed by atoms with Crippen LogP contribution in [0.2, 0.25) is 0 Å². The van der Waals surface area contributed by atoms with E-state index in [0.29, 0.717) is 38.0 Å². The lowest BCUT2D eigenvalue weighted by atomic mass is 9.86. The molecule has 4 nitrogen and oxygen atoms in total. The topological polar surface area (TPSA) is 49.8 Å². The van der Waals surface area contributed by atoms with E-state index in [1.165, 1.54) is 0 Å². The molecule has 1 saturated heterocycles. The van der Waals surface area contributed by atoms with E-state index in [1.807, 2.05) is 0 Å². The Morgan fingerprint density at radius 3 is 2.17 bits per heavy atom. The quantitative estimate of drug-likeness (QED) is 0.758. The molecule has 1 fully saturated rings. The number of carboxylic acids is 1. The molecule has 0 saturated carbocycles. The van der Waals surface area contributed by atoms with E-state index < -0.39 is 11.4 Å². The van der Waals surface area contributed by atoms with E-state index in [1.54, 1.807) is 0 Å². The molecule has 1 heterocycles. The van der Waals surface area contributed by atoms with Gasteiger partial charge < -0.3 is 14.7 Å². The summed E-state index contributed by atoms with van der Waals surface area (Å²) in [6.45, 7) is 12.1. The van der Waals surface area contributed by atoms with Crippen LogP contribution in [0.25, 0.3) is 0 Å². The third kappa shape index (κ3) is 4.25. The molecule has 0 aromatic heterocycles. The molecule has 0 radical (unpaired) electrons. The van der Waals surface area contributed by atoms with Gasteiger partial charge in [-0.1, -0.05) is 27.7 Å². The molecular formula is C14H27NO3. The van der Waals surface area contributed by atoms with Gasteiger partial charge >= 0.3 is 5.97 Å². The first-order valence-corrected chi connectivity index (χ1v) is 6.89. The van der Waals surface area contributed by atoms with E-state index in [4.69, 9.17) is 4.74 Å². The normalized spacial score (nSPS) is 24.4. The zero-order chi connectivity index (χ0) is 13.8. The van der Waals surface area contributed by atoms with Crippen LogP contribution in [0.5, 0.6) is 0 Å². The van der Waals surface area contributed by atoms with Crippen LogP contribution in [0.1, 0.15) is 34.1 Å². The van der Waals surface area contributed by atoms with Crippen LogP contribution in [-0.2, 0) is 9.53 Å². The minimum Gasteiger partial charge on any atom is -0.481 e. The fraction of sp³-hybridized carbons (Fsp3) is 0.929. The van der Waals surface area contributed by atoms with Gasteiger partial charge in [-0.3, -0.25) is 4.79 Å². The fourth-order valence-electron chi connectivity index (χ4n) is 2.63. The van der Waals surface area contributed by atoms with E-state index in [0.717, 1.165) is 13.1 Å². The molecule has 1 atom stereocenters. The average molecular weight is 257 g/mol. The van der Waals surface area contributed by atoms with Gasteiger partial charge in [-0.05, 0) is 18.3 Å². The number of rotatable bonds is 7. The molecule has 0 aromatic carbocycles. The van der Waals surface area contributed by atoms with E-state index in [-0.39, 0.29) is 0 Å². The number of hydrogen-bond donors (Lipinski definition) is 1. The van der Waals surface area contributed by atoms with Crippen LogP contribution in [-0.4, -0.2) is 48.8 Å². The van der Waals surface area contributed by atoms with Crippen LogP contribution in [0.3, 0.4) is 0 Å². The van der Waals surface area contributed by atoms with Gasteiger partial charge in [0.15, 0.2) is 0 Å². The first-order chi connectivity index (χ1) is 8.35. The van der Waals surface area contributed by atoms with Gasteiger partial charge in [0, 0.05) is 26.2 Å². The molecule has 106 valence electrons. The number of hydrogen-bond acceptors (Lipinski definition) is 3. The molecule has 4 heteroatoms. The zero-order valence-corrected chi connectivity index (χ0v) is 12.1. The van der Waals surface area contributed by atoms with Crippen LogP contribution in [0.4, 0.5) is 0 Å². The molecule has 0 amide bonds. The summed E-state index contributed by atoms with van der Waals surface area (Å²) in [7, 11) is 0. The Hall–Kier alpha value is -0.610. The third-order valence-electron chi connectivity index (χ3n) is 3.33. The molecule has 18 heavy (non-hydrogen) atoms. The Morgan fingerprint density at radius 2 is 1.83 bits per heavy atom. The van der Waals surface area contributed by atoms with Crippen LogP contribution in [0, 0.1) is 17.3 Å². The lowest BCUT2D eigenvalue weighted by Crippen LogP contribution is -2.46. The smallest absolute Gasteiger partial charge is 0.313 e. The first kappa shape index (κ1) is 15.4. The van der Waals surface area contributed by atoms with Crippen molar-refractivity contribution >= 4 is 5.97 Å². The molecule has 1 rings (SSSR count). The minimum absolute atomic E-state index is 0.356. The van der Waals surface area contributed by atoms with Crippen molar-refractivity contribution < 1.29 is 14.6 Å². The lowest BCUT2D eigenvalue weighted by Gasteiger charge is -2.33. The second kappa shape index (κ2) is 6.53. The number of nitrogens with zero attached hydrogens (tertiary/aromatic N) is 1. The van der Waals surface area contributed by atoms with Crippen molar-refractivity contribution in [2.24, 2.45) is 17.3 Å². The van der Waals surface area contributed by atoms with Crippen molar-refractivity contribution in [3.05, 3.63) is 0 Å². The molecule has 0 spiro atoms. The molecule has 1 aliphatic rings. The summed E-state index contributed by atoms with van der Waals surface area (Å²) >= 11 is 0. The third-order valence-corrected chi connectivity index (χ3v) is 3.33. The maximum atomic E-state index is 11.5. The molecule has 1 N–H and O–H groups in total. The van der Waals surface area contributed by atoms with E-state index in [2.05, 4.69) is 32.6 Å². The summed E-state index contributed by atoms with van der Waals surface area (Å²) in [6.07, 6.45) is 0.634. The van der Waals surface area contributed by atoms with Gasteiger partial charge in [-0.2, -0.15) is 0 Å². The number of carbonyl (C=O) groups is 1. The fourth-order valence-corrected chi connectivity index (χ4v) is 2.63. The Bertz CT molecular complexity index is 260. The monoisotopic (exact) mass is 257 g/mol. The van der Waals surface area contributed by atoms with Crippen molar-refractivity contribution in [2.45, 2.75) is 34.1 Å². The van der Waals surface area contributed by atoms with Gasteiger partial charge in [-0.25, -0.2) is 0 Å². The summed E-state index contributed by atoms with van der Waals surface area (Å²) < 4.78 is 5.33. The summed E-state index contributed by atoms with van der Waals surface area (Å²) in [5, 5.41) is 9.47. The lowest BCUT2D eigenvalue weighted by molar-refractivity contribution is -0.150. The highest BCUT2D eigenvalue weighted by molar-refractivity contribution is 5.75. The number of ether oxygens (including phenoxy) is 1. The van der Waals surface area contributed by atoms with Crippen molar-refractivity contribution in [1.82, 2.24) is 4.90 Å². The summed E-state index contributed by atoms with van der Waals surface area (Å²) in [5.74, 6) is 0.395. The van der Waals surface area contributed by atoms with Gasteiger partial charge in [0.1, 0.15) is 5.41 Å². The van der Waals surface area contributed by atoms with Crippen LogP contribution in [0.15, 0.2) is 0 Å². The predicted octanol–water partition coefficient (Wildman–Crippen LogP) is 2.09. The van der Waals surface area contributed by atoms with Gasteiger partial charge in [-0.15, -0.1) is 0 Å². The van der Waals surface area contributed by atoms with Gasteiger partial charge in [0.2, 0.25) is 0 Å². The zero-order valence-electron chi connectivity index (χ0n) is 12.1. The first-order valence-electron chi connectivity index (χ1n) is 6.89. The standard InChI is InChI=1S/C14H27NO3/c1-11(2)7-15(8-12(3)4)9-14(13(16)17)5-6-18-10-14/h11-12H,5-10H2,1-4H3,(H,16,17). The average Bonchev–Trinajstić information content (AvgIpc) is 2.65. The molecule has 0 aromatic rings. The SMILES string of the molecule is CC(C)CN(CC(C)C)CC1(C(=O)O)CCOC1. The Labute approximate surface area is 110 Å². The minimum atomic E-state index is -0.711. The highest BCUT2D eigenvalue weighted by atomic mass is 16.5. The van der Waals surface area contributed by atoms with Crippen molar-refractivity contribution in [2.75, 3.05) is 32.8 Å². The van der Waals surface area contributed by atoms with Crippen LogP contribution >= 0.6 is 0 Å². The molecule has 0 bridgehead atoms. The molecule has 1 aliphatic heterocycles. The van der Waals surface area contributed by atoms with E-state index >= 15 is 0 Å². The maximum Gasteiger partial charge on any atom is 0.313 e. The summed E-state index contributed by atoms with van der Waals surface area (Å²) in [4.78, 5) is 13.8. The van der Waals surface area contributed by atoms with Gasteiger partial charge in [0.05, 0.1) is 6.61 Å². The van der Waals surface area contributed by atoms with Crippen molar-refractivity contribution in [3.8, 4) is 0 Å². The van der Waals surface area contributed by atoms with Gasteiger partial charge in [0.25, 0.3) is 0 Å². The Kier molecular flexibility index (Phi) is 5.60. The second-order valence-electron chi connectivity index (χ2n) is 6.37. The molecule has 0 aliphatic carbocycles.